The Morgan fingerprint density at radius 2 is 1.70 bits per heavy atom. The number of rotatable bonds is 4. The molecule has 2 fully saturated rings. The topological polar surface area (TPSA) is 60.4 Å². The van der Waals surface area contributed by atoms with Gasteiger partial charge < -0.3 is 9.80 Å². The van der Waals surface area contributed by atoms with Crippen molar-refractivity contribution < 1.29 is 9.69 Å². The van der Waals surface area contributed by atoms with Crippen molar-refractivity contribution in [1.82, 2.24) is 24.7 Å². The first-order valence-corrected chi connectivity index (χ1v) is 11.7. The summed E-state index contributed by atoms with van der Waals surface area (Å²) in [7, 11) is 0. The Balaban J connectivity index is 1.37. The highest BCUT2D eigenvalue weighted by atomic mass is 32.1. The van der Waals surface area contributed by atoms with Gasteiger partial charge in [-0.3, -0.25) is 4.79 Å². The summed E-state index contributed by atoms with van der Waals surface area (Å²) >= 11 is 5.68. The van der Waals surface area contributed by atoms with Crippen molar-refractivity contribution in [3.63, 3.8) is 0 Å². The highest BCUT2D eigenvalue weighted by Crippen LogP contribution is 2.19. The van der Waals surface area contributed by atoms with Gasteiger partial charge in [0.2, 0.25) is 10.7 Å². The molecule has 8 heteroatoms. The summed E-state index contributed by atoms with van der Waals surface area (Å²) in [5, 5.41) is 8.67. The number of quaternary nitrogens is 1. The van der Waals surface area contributed by atoms with Crippen molar-refractivity contribution in [2.24, 2.45) is 5.92 Å². The maximum atomic E-state index is 12.9. The van der Waals surface area contributed by atoms with Gasteiger partial charge in [-0.2, -0.15) is 9.36 Å². The standard InChI is InChI=1S/C22H32N6OS/c1-17-8-7-9-18(2)20(17)28-22(30)27(23-24-28)16-25-14-10-19(11-15-25)21(29)26-12-5-3-4-6-13-26/h7-9,19H,3-6,10-16H2,1-2H3/p+1. The predicted octanol–water partition coefficient (Wildman–Crippen LogP) is 2.07. The van der Waals surface area contributed by atoms with Crippen molar-refractivity contribution in [2.45, 2.75) is 59.0 Å². The molecule has 2 saturated heterocycles. The van der Waals surface area contributed by atoms with Crippen molar-refractivity contribution >= 4 is 18.1 Å². The Morgan fingerprint density at radius 1 is 1.07 bits per heavy atom. The molecule has 0 spiro atoms. The number of hydrogen-bond donors (Lipinski definition) is 1. The number of hydrogen-bond acceptors (Lipinski definition) is 4. The number of aryl methyl sites for hydroxylation is 2. The number of tetrazole rings is 1. The van der Waals surface area contributed by atoms with Gasteiger partial charge in [0.25, 0.3) is 0 Å². The molecule has 0 atom stereocenters. The molecule has 0 saturated carbocycles. The fraction of sp³-hybridized carbons (Fsp3) is 0.636. The van der Waals surface area contributed by atoms with Crippen LogP contribution in [0, 0.1) is 24.5 Å². The van der Waals surface area contributed by atoms with E-state index >= 15 is 0 Å². The predicted molar refractivity (Wildman–Crippen MR) is 118 cm³/mol. The van der Waals surface area contributed by atoms with E-state index in [0.29, 0.717) is 17.3 Å². The van der Waals surface area contributed by atoms with Crippen molar-refractivity contribution in [1.29, 1.82) is 0 Å². The maximum Gasteiger partial charge on any atom is 0.226 e. The lowest BCUT2D eigenvalue weighted by Gasteiger charge is -2.31. The smallest absolute Gasteiger partial charge is 0.226 e. The monoisotopic (exact) mass is 429 g/mol. The average molecular weight is 430 g/mol. The Labute approximate surface area is 183 Å². The van der Waals surface area contributed by atoms with Gasteiger partial charge in [0.05, 0.1) is 18.8 Å². The van der Waals surface area contributed by atoms with Gasteiger partial charge in [0.1, 0.15) is 0 Å². The van der Waals surface area contributed by atoms with Gasteiger partial charge in [-0.1, -0.05) is 31.0 Å². The molecule has 0 bridgehead atoms. The van der Waals surface area contributed by atoms with Gasteiger partial charge in [-0.05, 0) is 60.5 Å². The largest absolute Gasteiger partial charge is 0.342 e. The highest BCUT2D eigenvalue weighted by molar-refractivity contribution is 7.71. The maximum absolute atomic E-state index is 12.9. The Hall–Kier alpha value is -2.06. The van der Waals surface area contributed by atoms with E-state index in [4.69, 9.17) is 12.2 Å². The second kappa shape index (κ2) is 9.39. The van der Waals surface area contributed by atoms with Crippen molar-refractivity contribution in [3.05, 3.63) is 34.1 Å². The third kappa shape index (κ3) is 4.49. The minimum absolute atomic E-state index is 0.185. The Bertz CT molecular complexity index is 915. The summed E-state index contributed by atoms with van der Waals surface area (Å²) in [4.78, 5) is 16.5. The molecule has 0 unspecified atom stereocenters. The van der Waals surface area contributed by atoms with Gasteiger partial charge in [0.15, 0.2) is 6.67 Å². The molecule has 1 aromatic carbocycles. The van der Waals surface area contributed by atoms with Crippen LogP contribution in [0.15, 0.2) is 18.2 Å². The van der Waals surface area contributed by atoms with E-state index in [1.807, 2.05) is 10.7 Å². The molecule has 30 heavy (non-hydrogen) atoms. The van der Waals surface area contributed by atoms with E-state index in [1.165, 1.54) is 17.7 Å². The summed E-state index contributed by atoms with van der Waals surface area (Å²) in [6.07, 6.45) is 6.73. The fourth-order valence-corrected chi connectivity index (χ4v) is 5.07. The van der Waals surface area contributed by atoms with Crippen LogP contribution in [0.25, 0.3) is 5.69 Å². The zero-order valence-electron chi connectivity index (χ0n) is 18.1. The zero-order chi connectivity index (χ0) is 21.1. The van der Waals surface area contributed by atoms with E-state index in [9.17, 15) is 4.79 Å². The molecule has 2 aliphatic heterocycles. The van der Waals surface area contributed by atoms with Crippen LogP contribution in [-0.4, -0.2) is 56.8 Å². The van der Waals surface area contributed by atoms with Crippen LogP contribution < -0.4 is 4.90 Å². The molecule has 0 aliphatic carbocycles. The molecular formula is C22H33N6OS+. The lowest BCUT2D eigenvalue weighted by atomic mass is 9.95. The third-order valence-electron chi connectivity index (χ3n) is 6.62. The number of carbonyl (C=O) groups is 1. The first kappa shape index (κ1) is 21.2. The molecule has 1 aromatic heterocycles. The van der Waals surface area contributed by atoms with Crippen LogP contribution in [0.5, 0.6) is 0 Å². The zero-order valence-corrected chi connectivity index (χ0v) is 19.0. The summed E-state index contributed by atoms with van der Waals surface area (Å²) in [6.45, 7) is 8.69. The second-order valence-electron chi connectivity index (χ2n) is 8.84. The molecule has 1 N–H and O–H groups in total. The molecular weight excluding hydrogens is 396 g/mol. The van der Waals surface area contributed by atoms with E-state index in [-0.39, 0.29) is 5.92 Å². The third-order valence-corrected chi connectivity index (χ3v) is 7.01. The second-order valence-corrected chi connectivity index (χ2v) is 9.20. The van der Waals surface area contributed by atoms with Crippen LogP contribution in [-0.2, 0) is 11.5 Å². The van der Waals surface area contributed by atoms with Crippen LogP contribution in [0.4, 0.5) is 0 Å². The SMILES string of the molecule is Cc1cccc(C)c1-n1nnn(C[NH+]2CCC(C(=O)N3CCCCCC3)CC2)c1=S. The Kier molecular flexibility index (Phi) is 6.63. The number of piperidine rings is 1. The number of nitrogens with zero attached hydrogens (tertiary/aromatic N) is 5. The molecule has 2 aliphatic rings. The lowest BCUT2D eigenvalue weighted by Crippen LogP contribution is -3.12. The quantitative estimate of drug-likeness (QED) is 0.756. The van der Waals surface area contributed by atoms with E-state index in [2.05, 4.69) is 41.3 Å². The number of carbonyl (C=O) groups excluding carboxylic acids is 1. The number of nitrogens with one attached hydrogen (secondary N) is 1. The molecule has 2 aromatic rings. The van der Waals surface area contributed by atoms with Gasteiger partial charge in [-0.25, -0.2) is 0 Å². The number of amides is 1. The first-order valence-electron chi connectivity index (χ1n) is 11.3. The molecule has 4 rings (SSSR count). The summed E-state index contributed by atoms with van der Waals surface area (Å²) in [6, 6.07) is 6.18. The van der Waals surface area contributed by atoms with Crippen LogP contribution in [0.3, 0.4) is 0 Å². The lowest BCUT2D eigenvalue weighted by molar-refractivity contribution is -0.929. The van der Waals surface area contributed by atoms with Gasteiger partial charge in [-0.15, -0.1) is 0 Å². The van der Waals surface area contributed by atoms with E-state index in [1.54, 1.807) is 4.68 Å². The Morgan fingerprint density at radius 3 is 2.33 bits per heavy atom. The molecule has 1 amide bonds. The van der Waals surface area contributed by atoms with Crippen LogP contribution >= 0.6 is 12.2 Å². The minimum Gasteiger partial charge on any atom is -0.342 e. The summed E-state index contributed by atoms with van der Waals surface area (Å²) in [5.41, 5.74) is 3.29. The van der Waals surface area contributed by atoms with Crippen molar-refractivity contribution in [3.8, 4) is 5.69 Å². The number of benzene rings is 1. The van der Waals surface area contributed by atoms with E-state index < -0.39 is 0 Å². The summed E-state index contributed by atoms with van der Waals surface area (Å²) in [5.74, 6) is 0.568. The number of para-hydroxylation sites is 1. The molecule has 0 radical (unpaired) electrons. The van der Waals surface area contributed by atoms with Gasteiger partial charge in [0, 0.05) is 31.8 Å². The van der Waals surface area contributed by atoms with Crippen LogP contribution in [0.1, 0.15) is 49.7 Å². The minimum atomic E-state index is 0.185. The number of aromatic nitrogens is 4. The normalized spacial score (nSPS) is 22.7. The van der Waals surface area contributed by atoms with Crippen molar-refractivity contribution in [2.75, 3.05) is 26.2 Å². The molecule has 3 heterocycles. The molecule has 162 valence electrons. The fourth-order valence-electron chi connectivity index (χ4n) is 4.85. The van der Waals surface area contributed by atoms with Crippen LogP contribution in [0.2, 0.25) is 0 Å². The van der Waals surface area contributed by atoms with Gasteiger partial charge >= 0.3 is 0 Å². The average Bonchev–Trinajstić information content (AvgIpc) is 2.95. The highest BCUT2D eigenvalue weighted by Gasteiger charge is 2.31. The first-order chi connectivity index (χ1) is 14.5. The molecule has 7 nitrogen and oxygen atoms in total. The number of likely N-dealkylation sites (tertiary alicyclic amines) is 2. The summed E-state index contributed by atoms with van der Waals surface area (Å²) < 4.78 is 4.23. The van der Waals surface area contributed by atoms with E-state index in [0.717, 1.165) is 68.7 Å².